The molecule has 1 aliphatic rings. The molecule has 9 heavy (non-hydrogen) atoms. The molecule has 4 heteroatoms. The number of amides is 1. The van der Waals surface area contributed by atoms with Gasteiger partial charge in [-0.05, 0) is 28.7 Å². The standard InChI is InChI=1S/C5H7IN2O/c6-4-1-3(7)2-8-5(4)9/h1,3H,2,7H2,(H,8,9). The zero-order chi connectivity index (χ0) is 6.85. The predicted octanol–water partition coefficient (Wildman–Crippen LogP) is -0.238. The van der Waals surface area contributed by atoms with Crippen molar-refractivity contribution < 1.29 is 4.79 Å². The Morgan fingerprint density at radius 2 is 2.56 bits per heavy atom. The number of nitrogens with two attached hydrogens (primary N) is 1. The van der Waals surface area contributed by atoms with Crippen molar-refractivity contribution in [2.75, 3.05) is 6.54 Å². The minimum absolute atomic E-state index is 0.00500. The quantitative estimate of drug-likeness (QED) is 0.572. The number of hydrogen-bond donors (Lipinski definition) is 2. The van der Waals surface area contributed by atoms with Crippen molar-refractivity contribution in [2.24, 2.45) is 5.73 Å². The Hall–Kier alpha value is -0.100. The van der Waals surface area contributed by atoms with E-state index in [4.69, 9.17) is 5.73 Å². The van der Waals surface area contributed by atoms with Crippen LogP contribution in [0.4, 0.5) is 0 Å². The molecule has 0 aliphatic carbocycles. The van der Waals surface area contributed by atoms with E-state index in [0.717, 1.165) is 0 Å². The Labute approximate surface area is 66.8 Å². The van der Waals surface area contributed by atoms with Gasteiger partial charge in [0.05, 0.1) is 3.58 Å². The van der Waals surface area contributed by atoms with Crippen LogP contribution in [0.1, 0.15) is 0 Å². The van der Waals surface area contributed by atoms with E-state index >= 15 is 0 Å². The maximum Gasteiger partial charge on any atom is 0.257 e. The average molecular weight is 238 g/mol. The molecule has 0 radical (unpaired) electrons. The highest BCUT2D eigenvalue weighted by Crippen LogP contribution is 2.09. The van der Waals surface area contributed by atoms with Crippen molar-refractivity contribution in [1.82, 2.24) is 5.32 Å². The molecule has 1 atom stereocenters. The molecule has 0 fully saturated rings. The largest absolute Gasteiger partial charge is 0.350 e. The molecule has 1 aliphatic heterocycles. The number of carbonyl (C=O) groups is 1. The highest BCUT2D eigenvalue weighted by Gasteiger charge is 2.13. The molecule has 1 amide bonds. The van der Waals surface area contributed by atoms with Crippen LogP contribution < -0.4 is 11.1 Å². The van der Waals surface area contributed by atoms with Gasteiger partial charge >= 0.3 is 0 Å². The van der Waals surface area contributed by atoms with Gasteiger partial charge in [-0.3, -0.25) is 4.79 Å². The molecular formula is C5H7IN2O. The van der Waals surface area contributed by atoms with E-state index in [1.807, 2.05) is 22.6 Å². The molecule has 50 valence electrons. The smallest absolute Gasteiger partial charge is 0.257 e. The molecule has 1 rings (SSSR count). The third-order valence-corrected chi connectivity index (χ3v) is 1.93. The number of halogens is 1. The Balaban J connectivity index is 2.72. The lowest BCUT2D eigenvalue weighted by molar-refractivity contribution is -0.117. The first-order chi connectivity index (χ1) is 4.20. The summed E-state index contributed by atoms with van der Waals surface area (Å²) < 4.78 is 0.686. The molecule has 3 nitrogen and oxygen atoms in total. The van der Waals surface area contributed by atoms with Crippen LogP contribution in [0, 0.1) is 0 Å². The van der Waals surface area contributed by atoms with Crippen LogP contribution in [-0.4, -0.2) is 18.5 Å². The highest BCUT2D eigenvalue weighted by molar-refractivity contribution is 14.1. The molecule has 0 bridgehead atoms. The average Bonchev–Trinajstić information content (AvgIpc) is 1.80. The van der Waals surface area contributed by atoms with Crippen molar-refractivity contribution in [3.8, 4) is 0 Å². The monoisotopic (exact) mass is 238 g/mol. The van der Waals surface area contributed by atoms with Gasteiger partial charge in [-0.1, -0.05) is 0 Å². The number of hydrogen-bond acceptors (Lipinski definition) is 2. The third kappa shape index (κ3) is 1.65. The van der Waals surface area contributed by atoms with E-state index in [1.165, 1.54) is 0 Å². The maximum atomic E-state index is 10.7. The summed E-state index contributed by atoms with van der Waals surface area (Å²) in [6, 6.07) is -0.00500. The van der Waals surface area contributed by atoms with Crippen LogP contribution in [0.3, 0.4) is 0 Å². The van der Waals surface area contributed by atoms with Crippen LogP contribution in [0.2, 0.25) is 0 Å². The lowest BCUT2D eigenvalue weighted by Crippen LogP contribution is -2.40. The second kappa shape index (κ2) is 2.66. The van der Waals surface area contributed by atoms with Gasteiger partial charge in [-0.15, -0.1) is 0 Å². The predicted molar refractivity (Wildman–Crippen MR) is 43.1 cm³/mol. The molecule has 0 aromatic heterocycles. The lowest BCUT2D eigenvalue weighted by Gasteiger charge is -2.14. The Morgan fingerprint density at radius 3 is 3.00 bits per heavy atom. The molecule has 0 aromatic rings. The first kappa shape index (κ1) is 7.01. The summed E-state index contributed by atoms with van der Waals surface area (Å²) in [6.07, 6.45) is 1.76. The molecule has 3 N–H and O–H groups in total. The molecule has 1 heterocycles. The van der Waals surface area contributed by atoms with Gasteiger partial charge in [0.15, 0.2) is 0 Å². The van der Waals surface area contributed by atoms with Crippen molar-refractivity contribution in [2.45, 2.75) is 6.04 Å². The van der Waals surface area contributed by atoms with E-state index in [-0.39, 0.29) is 11.9 Å². The van der Waals surface area contributed by atoms with Gasteiger partial charge < -0.3 is 11.1 Å². The van der Waals surface area contributed by atoms with E-state index in [2.05, 4.69) is 5.32 Å². The minimum atomic E-state index is -0.0164. The summed E-state index contributed by atoms with van der Waals surface area (Å²) >= 11 is 1.97. The summed E-state index contributed by atoms with van der Waals surface area (Å²) in [5.41, 5.74) is 5.49. The minimum Gasteiger partial charge on any atom is -0.350 e. The maximum absolute atomic E-state index is 10.7. The van der Waals surface area contributed by atoms with Gasteiger partial charge in [0.25, 0.3) is 5.91 Å². The van der Waals surface area contributed by atoms with Gasteiger partial charge in [0.1, 0.15) is 0 Å². The van der Waals surface area contributed by atoms with E-state index in [9.17, 15) is 4.79 Å². The summed E-state index contributed by atoms with van der Waals surface area (Å²) in [4.78, 5) is 10.7. The van der Waals surface area contributed by atoms with E-state index in [0.29, 0.717) is 10.1 Å². The first-order valence-corrected chi connectivity index (χ1v) is 3.69. The van der Waals surface area contributed by atoms with Gasteiger partial charge in [-0.25, -0.2) is 0 Å². The normalized spacial score (nSPS) is 27.1. The van der Waals surface area contributed by atoms with Gasteiger partial charge in [-0.2, -0.15) is 0 Å². The lowest BCUT2D eigenvalue weighted by atomic mass is 10.2. The second-order valence-electron chi connectivity index (χ2n) is 1.89. The topological polar surface area (TPSA) is 55.1 Å². The van der Waals surface area contributed by atoms with Crippen LogP contribution in [0.25, 0.3) is 0 Å². The van der Waals surface area contributed by atoms with Crippen LogP contribution in [-0.2, 0) is 4.79 Å². The fourth-order valence-corrected chi connectivity index (χ4v) is 1.27. The fraction of sp³-hybridized carbons (Fsp3) is 0.400. The number of carbonyl (C=O) groups excluding carboxylic acids is 1. The number of nitrogens with one attached hydrogen (secondary N) is 1. The molecule has 0 saturated carbocycles. The first-order valence-electron chi connectivity index (χ1n) is 2.61. The Bertz CT molecular complexity index is 166. The fourth-order valence-electron chi connectivity index (χ4n) is 0.618. The van der Waals surface area contributed by atoms with E-state index < -0.39 is 0 Å². The van der Waals surface area contributed by atoms with Crippen molar-refractivity contribution in [3.05, 3.63) is 9.66 Å². The zero-order valence-corrected chi connectivity index (χ0v) is 6.88. The van der Waals surface area contributed by atoms with Gasteiger partial charge in [0.2, 0.25) is 0 Å². The SMILES string of the molecule is NC1C=C(I)C(=O)NC1. The summed E-state index contributed by atoms with van der Waals surface area (Å²) in [5, 5.41) is 2.64. The van der Waals surface area contributed by atoms with Crippen LogP contribution in [0.5, 0.6) is 0 Å². The van der Waals surface area contributed by atoms with Crippen molar-refractivity contribution in [3.63, 3.8) is 0 Å². The van der Waals surface area contributed by atoms with Gasteiger partial charge in [0, 0.05) is 12.6 Å². The zero-order valence-electron chi connectivity index (χ0n) is 4.73. The highest BCUT2D eigenvalue weighted by atomic mass is 127. The van der Waals surface area contributed by atoms with Crippen molar-refractivity contribution >= 4 is 28.5 Å². The van der Waals surface area contributed by atoms with E-state index in [1.54, 1.807) is 6.08 Å². The third-order valence-electron chi connectivity index (χ3n) is 1.08. The molecule has 1 unspecified atom stereocenters. The summed E-state index contributed by atoms with van der Waals surface area (Å²) in [7, 11) is 0. The van der Waals surface area contributed by atoms with Crippen LogP contribution >= 0.6 is 22.6 Å². The van der Waals surface area contributed by atoms with Crippen LogP contribution in [0.15, 0.2) is 9.66 Å². The molecule has 0 spiro atoms. The van der Waals surface area contributed by atoms with Crippen molar-refractivity contribution in [1.29, 1.82) is 0 Å². The summed E-state index contributed by atoms with van der Waals surface area (Å²) in [6.45, 7) is 0.561. The Kier molecular flexibility index (Phi) is 2.07. The molecule has 0 aromatic carbocycles. The Morgan fingerprint density at radius 1 is 1.89 bits per heavy atom. The number of rotatable bonds is 0. The summed E-state index contributed by atoms with van der Waals surface area (Å²) in [5.74, 6) is -0.0164. The molecule has 0 saturated heterocycles. The second-order valence-corrected chi connectivity index (χ2v) is 3.05. The molecular weight excluding hydrogens is 231 g/mol.